The van der Waals surface area contributed by atoms with Crippen LogP contribution >= 0.6 is 0 Å². The van der Waals surface area contributed by atoms with E-state index in [1.165, 1.54) is 6.42 Å². The van der Waals surface area contributed by atoms with Gasteiger partial charge < -0.3 is 16.2 Å². The minimum Gasteiger partial charge on any atom is -0.388 e. The van der Waals surface area contributed by atoms with Crippen LogP contribution < -0.4 is 11.1 Å². The molecule has 0 heterocycles. The molecule has 0 aromatic rings. The van der Waals surface area contributed by atoms with Gasteiger partial charge in [-0.3, -0.25) is 0 Å². The van der Waals surface area contributed by atoms with Gasteiger partial charge in [0.2, 0.25) is 0 Å². The van der Waals surface area contributed by atoms with Gasteiger partial charge in [0, 0.05) is 6.54 Å². The maximum Gasteiger partial charge on any atom is 0.312 e. The van der Waals surface area contributed by atoms with Gasteiger partial charge in [0.05, 0.1) is 5.60 Å². The van der Waals surface area contributed by atoms with Crippen LogP contribution in [-0.4, -0.2) is 23.3 Å². The molecular formula is C10H20N2O2. The van der Waals surface area contributed by atoms with Crippen molar-refractivity contribution in [2.24, 2.45) is 11.7 Å². The fraction of sp³-hybridized carbons (Fsp3) is 0.900. The predicted octanol–water partition coefficient (Wildman–Crippen LogP) is 0.986. The zero-order valence-electron chi connectivity index (χ0n) is 8.75. The van der Waals surface area contributed by atoms with Crippen molar-refractivity contribution in [3.05, 3.63) is 0 Å². The second-order valence-corrected chi connectivity index (χ2v) is 4.29. The molecule has 14 heavy (non-hydrogen) atoms. The first kappa shape index (κ1) is 11.3. The lowest BCUT2D eigenvalue weighted by Crippen LogP contribution is -2.46. The number of nitrogens with one attached hydrogen (secondary N) is 1. The van der Waals surface area contributed by atoms with Crippen LogP contribution in [0.2, 0.25) is 0 Å². The number of rotatable bonds is 3. The molecule has 0 atom stereocenters. The van der Waals surface area contributed by atoms with Gasteiger partial charge in [0.15, 0.2) is 0 Å². The Labute approximate surface area is 84.9 Å². The van der Waals surface area contributed by atoms with E-state index < -0.39 is 11.6 Å². The highest BCUT2D eigenvalue weighted by Gasteiger charge is 2.32. The monoisotopic (exact) mass is 200 g/mol. The largest absolute Gasteiger partial charge is 0.388 e. The Morgan fingerprint density at radius 1 is 1.57 bits per heavy atom. The Morgan fingerprint density at radius 3 is 2.57 bits per heavy atom. The number of primary amides is 1. The fourth-order valence-corrected chi connectivity index (χ4v) is 2.05. The molecule has 1 aliphatic rings. The van der Waals surface area contributed by atoms with Crippen LogP contribution in [0.1, 0.15) is 39.0 Å². The summed E-state index contributed by atoms with van der Waals surface area (Å²) in [7, 11) is 0. The van der Waals surface area contributed by atoms with Crippen molar-refractivity contribution >= 4 is 6.03 Å². The van der Waals surface area contributed by atoms with Crippen LogP contribution in [0.25, 0.3) is 0 Å². The third-order valence-electron chi connectivity index (χ3n) is 3.20. The van der Waals surface area contributed by atoms with Gasteiger partial charge >= 0.3 is 6.03 Å². The molecule has 0 aromatic heterocycles. The third kappa shape index (κ3) is 3.18. The first-order valence-corrected chi connectivity index (χ1v) is 5.31. The maximum atomic E-state index is 10.5. The molecule has 0 saturated heterocycles. The van der Waals surface area contributed by atoms with Gasteiger partial charge in [-0.2, -0.15) is 0 Å². The molecule has 1 fully saturated rings. The van der Waals surface area contributed by atoms with E-state index in [0.717, 1.165) is 31.6 Å². The standard InChI is InChI=1S/C10H20N2O2/c1-2-8-3-5-10(14,6-4-8)7-12-9(11)13/h8,14H,2-7H2,1H3,(H3,11,12,13). The summed E-state index contributed by atoms with van der Waals surface area (Å²) in [6, 6.07) is -0.559. The topological polar surface area (TPSA) is 75.3 Å². The molecule has 0 aliphatic heterocycles. The average Bonchev–Trinajstić information content (AvgIpc) is 2.16. The first-order chi connectivity index (χ1) is 6.56. The molecule has 4 heteroatoms. The fourth-order valence-electron chi connectivity index (χ4n) is 2.05. The molecule has 0 spiro atoms. The summed E-state index contributed by atoms with van der Waals surface area (Å²) in [4.78, 5) is 10.5. The van der Waals surface area contributed by atoms with Gasteiger partial charge in [-0.05, 0) is 31.6 Å². The highest BCUT2D eigenvalue weighted by atomic mass is 16.3. The molecule has 4 N–H and O–H groups in total. The van der Waals surface area contributed by atoms with Crippen molar-refractivity contribution in [1.29, 1.82) is 0 Å². The second-order valence-electron chi connectivity index (χ2n) is 4.29. The summed E-state index contributed by atoms with van der Waals surface area (Å²) >= 11 is 0. The van der Waals surface area contributed by atoms with E-state index in [1.807, 2.05) is 0 Å². The molecule has 4 nitrogen and oxygen atoms in total. The van der Waals surface area contributed by atoms with Crippen LogP contribution in [0.15, 0.2) is 0 Å². The molecule has 0 bridgehead atoms. The Kier molecular flexibility index (Phi) is 3.75. The van der Waals surface area contributed by atoms with Gasteiger partial charge in [0.25, 0.3) is 0 Å². The van der Waals surface area contributed by atoms with Crippen molar-refractivity contribution in [1.82, 2.24) is 5.32 Å². The lowest BCUT2D eigenvalue weighted by Gasteiger charge is -2.35. The number of hydrogen-bond donors (Lipinski definition) is 3. The van der Waals surface area contributed by atoms with E-state index in [4.69, 9.17) is 5.73 Å². The number of aliphatic hydroxyl groups is 1. The molecule has 1 rings (SSSR count). The number of carbonyl (C=O) groups is 1. The second kappa shape index (κ2) is 4.64. The minimum absolute atomic E-state index is 0.290. The van der Waals surface area contributed by atoms with E-state index >= 15 is 0 Å². The minimum atomic E-state index is -0.722. The van der Waals surface area contributed by atoms with Crippen LogP contribution in [0.5, 0.6) is 0 Å². The van der Waals surface area contributed by atoms with Crippen LogP contribution in [0.4, 0.5) is 4.79 Å². The van der Waals surface area contributed by atoms with E-state index in [0.29, 0.717) is 6.54 Å². The number of carbonyl (C=O) groups excluding carboxylic acids is 1. The molecule has 0 aromatic carbocycles. The van der Waals surface area contributed by atoms with Crippen molar-refractivity contribution in [2.45, 2.75) is 44.6 Å². The van der Waals surface area contributed by atoms with E-state index in [9.17, 15) is 9.90 Å². The maximum absolute atomic E-state index is 10.5. The first-order valence-electron chi connectivity index (χ1n) is 5.31. The molecule has 1 saturated carbocycles. The van der Waals surface area contributed by atoms with Crippen LogP contribution in [0.3, 0.4) is 0 Å². The SMILES string of the molecule is CCC1CCC(O)(CNC(N)=O)CC1. The molecule has 82 valence electrons. The molecular weight excluding hydrogens is 180 g/mol. The van der Waals surface area contributed by atoms with E-state index in [-0.39, 0.29) is 0 Å². The molecule has 0 unspecified atom stereocenters. The van der Waals surface area contributed by atoms with Gasteiger partial charge in [-0.15, -0.1) is 0 Å². The molecule has 2 amide bonds. The lowest BCUT2D eigenvalue weighted by molar-refractivity contribution is -0.00622. The van der Waals surface area contributed by atoms with Gasteiger partial charge in [-0.1, -0.05) is 13.3 Å². The van der Waals surface area contributed by atoms with E-state index in [2.05, 4.69) is 12.2 Å². The third-order valence-corrected chi connectivity index (χ3v) is 3.20. The summed E-state index contributed by atoms with van der Waals surface area (Å²) in [5.74, 6) is 0.740. The molecule has 1 aliphatic carbocycles. The van der Waals surface area contributed by atoms with Crippen molar-refractivity contribution < 1.29 is 9.90 Å². The zero-order valence-corrected chi connectivity index (χ0v) is 8.75. The average molecular weight is 200 g/mol. The summed E-state index contributed by atoms with van der Waals surface area (Å²) in [5, 5.41) is 12.5. The smallest absolute Gasteiger partial charge is 0.312 e. The predicted molar refractivity (Wildman–Crippen MR) is 54.8 cm³/mol. The van der Waals surface area contributed by atoms with Crippen molar-refractivity contribution in [3.63, 3.8) is 0 Å². The summed E-state index contributed by atoms with van der Waals surface area (Å²) in [5.41, 5.74) is 4.24. The summed E-state index contributed by atoms with van der Waals surface area (Å²) < 4.78 is 0. The molecule has 0 radical (unpaired) electrons. The Morgan fingerprint density at radius 2 is 2.14 bits per heavy atom. The van der Waals surface area contributed by atoms with Crippen molar-refractivity contribution in [3.8, 4) is 0 Å². The Hall–Kier alpha value is -0.770. The van der Waals surface area contributed by atoms with E-state index in [1.54, 1.807) is 0 Å². The number of hydrogen-bond acceptors (Lipinski definition) is 2. The zero-order chi connectivity index (χ0) is 10.6. The van der Waals surface area contributed by atoms with Crippen molar-refractivity contribution in [2.75, 3.05) is 6.54 Å². The Balaban J connectivity index is 2.33. The van der Waals surface area contributed by atoms with Crippen LogP contribution in [-0.2, 0) is 0 Å². The number of nitrogens with two attached hydrogens (primary N) is 1. The summed E-state index contributed by atoms with van der Waals surface area (Å²) in [6.07, 6.45) is 4.82. The van der Waals surface area contributed by atoms with Gasteiger partial charge in [0.1, 0.15) is 0 Å². The summed E-state index contributed by atoms with van der Waals surface area (Å²) in [6.45, 7) is 2.47. The lowest BCUT2D eigenvalue weighted by atomic mass is 9.78. The number of urea groups is 1. The highest BCUT2D eigenvalue weighted by Crippen LogP contribution is 2.33. The van der Waals surface area contributed by atoms with Crippen LogP contribution in [0, 0.1) is 5.92 Å². The number of amides is 2. The normalized spacial score (nSPS) is 32.6. The quantitative estimate of drug-likeness (QED) is 0.635. The highest BCUT2D eigenvalue weighted by molar-refractivity contribution is 5.71. The van der Waals surface area contributed by atoms with Gasteiger partial charge in [-0.25, -0.2) is 4.79 Å². The Bertz CT molecular complexity index is 198.